The largest absolute Gasteiger partial charge is 0.497 e. The summed E-state index contributed by atoms with van der Waals surface area (Å²) in [6, 6.07) is 12.5. The lowest BCUT2D eigenvalue weighted by atomic mass is 10.1. The van der Waals surface area contributed by atoms with Crippen LogP contribution >= 0.6 is 0 Å². The predicted molar refractivity (Wildman–Crippen MR) is 114 cm³/mol. The number of nitrogens with zero attached hydrogens (tertiary/aromatic N) is 3. The van der Waals surface area contributed by atoms with Gasteiger partial charge in [0.2, 0.25) is 0 Å². The monoisotopic (exact) mass is 397 g/mol. The van der Waals surface area contributed by atoms with E-state index in [0.717, 1.165) is 49.1 Å². The minimum absolute atomic E-state index is 0.551. The van der Waals surface area contributed by atoms with Crippen molar-refractivity contribution in [2.45, 2.75) is 19.0 Å². The second-order valence-corrected chi connectivity index (χ2v) is 7.64. The van der Waals surface area contributed by atoms with Crippen LogP contribution in [0, 0.1) is 0 Å². The molecule has 1 unspecified atom stereocenters. The molecule has 3 aliphatic rings. The molecule has 0 aliphatic carbocycles. The maximum atomic E-state index is 5.43. The first-order chi connectivity index (χ1) is 14.3. The second-order valence-electron chi connectivity index (χ2n) is 7.64. The number of ether oxygens (including phenoxy) is 1. The fraction of sp³-hybridized carbons (Fsp3) is 0.500. The molecule has 2 N–H and O–H groups in total. The highest BCUT2D eigenvalue weighted by Gasteiger charge is 2.31. The van der Waals surface area contributed by atoms with Crippen molar-refractivity contribution in [2.24, 2.45) is 4.99 Å². The topological polar surface area (TPSA) is 65.3 Å². The summed E-state index contributed by atoms with van der Waals surface area (Å²) in [7, 11) is 1.68. The van der Waals surface area contributed by atoms with Gasteiger partial charge < -0.3 is 19.8 Å². The Balaban J connectivity index is 1.34. The van der Waals surface area contributed by atoms with Gasteiger partial charge in [0.15, 0.2) is 5.96 Å². The quantitative estimate of drug-likeness (QED) is 0.521. The van der Waals surface area contributed by atoms with E-state index in [9.17, 15) is 0 Å². The molecule has 3 saturated heterocycles. The van der Waals surface area contributed by atoms with Gasteiger partial charge in [0.25, 0.3) is 0 Å². The molecular formula is C22H31N5O2. The molecule has 5 rings (SSSR count). The number of benzene rings is 1. The molecule has 0 amide bonds. The highest BCUT2D eigenvalue weighted by Crippen LogP contribution is 2.15. The summed E-state index contributed by atoms with van der Waals surface area (Å²) in [6.45, 7) is 8.22. The van der Waals surface area contributed by atoms with E-state index in [0.29, 0.717) is 12.6 Å². The van der Waals surface area contributed by atoms with E-state index in [-0.39, 0.29) is 0 Å². The van der Waals surface area contributed by atoms with E-state index in [2.05, 4.69) is 32.6 Å². The maximum absolute atomic E-state index is 5.43. The molecule has 3 aliphatic heterocycles. The molecule has 1 aromatic carbocycles. The summed E-state index contributed by atoms with van der Waals surface area (Å²) in [4.78, 5) is 9.96. The molecule has 2 aromatic rings. The molecule has 7 heteroatoms. The van der Waals surface area contributed by atoms with E-state index >= 15 is 0 Å². The average Bonchev–Trinajstić information content (AvgIpc) is 3.30. The van der Waals surface area contributed by atoms with Gasteiger partial charge in [-0.15, -0.1) is 0 Å². The normalized spacial score (nSPS) is 23.8. The van der Waals surface area contributed by atoms with E-state index in [4.69, 9.17) is 14.1 Å². The second kappa shape index (κ2) is 9.80. The Hall–Kier alpha value is -2.51. The lowest BCUT2D eigenvalue weighted by molar-refractivity contribution is 0.0154. The number of aliphatic imine (C=N–C) groups is 1. The smallest absolute Gasteiger partial charge is 0.191 e. The number of guanidine groups is 1. The molecule has 7 nitrogen and oxygen atoms in total. The van der Waals surface area contributed by atoms with Crippen LogP contribution in [0.15, 0.2) is 52.1 Å². The van der Waals surface area contributed by atoms with Crippen molar-refractivity contribution in [3.8, 4) is 5.75 Å². The van der Waals surface area contributed by atoms with Crippen LogP contribution in [0.3, 0.4) is 0 Å². The molecule has 1 atom stereocenters. The van der Waals surface area contributed by atoms with Gasteiger partial charge >= 0.3 is 0 Å². The van der Waals surface area contributed by atoms with Crippen LogP contribution in [0.2, 0.25) is 0 Å². The number of fused-ring (bicyclic) bond motifs is 3. The fourth-order valence-electron chi connectivity index (χ4n) is 3.97. The summed E-state index contributed by atoms with van der Waals surface area (Å²) < 4.78 is 10.7. The Kier molecular flexibility index (Phi) is 6.69. The first-order valence-corrected chi connectivity index (χ1v) is 10.4. The Bertz CT molecular complexity index is 767. The Labute approximate surface area is 172 Å². The first-order valence-electron chi connectivity index (χ1n) is 10.4. The van der Waals surface area contributed by atoms with Crippen LogP contribution in [-0.2, 0) is 13.0 Å². The van der Waals surface area contributed by atoms with E-state index in [1.807, 2.05) is 24.3 Å². The Morgan fingerprint density at radius 1 is 1.14 bits per heavy atom. The average molecular weight is 398 g/mol. The van der Waals surface area contributed by atoms with Crippen LogP contribution in [0.25, 0.3) is 0 Å². The molecule has 4 heterocycles. The van der Waals surface area contributed by atoms with Crippen LogP contribution in [-0.4, -0.2) is 74.7 Å². The van der Waals surface area contributed by atoms with Crippen LogP contribution in [0.1, 0.15) is 11.3 Å². The van der Waals surface area contributed by atoms with Gasteiger partial charge in [-0.25, -0.2) is 4.99 Å². The van der Waals surface area contributed by atoms with E-state index in [1.54, 1.807) is 13.4 Å². The van der Waals surface area contributed by atoms with Crippen molar-refractivity contribution in [3.63, 3.8) is 0 Å². The lowest BCUT2D eigenvalue weighted by Crippen LogP contribution is -2.63. The van der Waals surface area contributed by atoms with E-state index in [1.165, 1.54) is 26.2 Å². The van der Waals surface area contributed by atoms with Gasteiger partial charge in [0.05, 0.1) is 19.9 Å². The number of hydrogen-bond acceptors (Lipinski definition) is 5. The fourth-order valence-corrected chi connectivity index (χ4v) is 3.97. The highest BCUT2D eigenvalue weighted by molar-refractivity contribution is 5.79. The van der Waals surface area contributed by atoms with Crippen molar-refractivity contribution in [2.75, 3.05) is 52.9 Å². The molecular weight excluding hydrogens is 366 g/mol. The minimum Gasteiger partial charge on any atom is -0.497 e. The number of rotatable bonds is 8. The molecule has 1 aromatic heterocycles. The molecule has 0 radical (unpaired) electrons. The number of nitrogens with one attached hydrogen (secondary N) is 2. The third kappa shape index (κ3) is 5.52. The maximum Gasteiger partial charge on any atom is 0.191 e. The number of piperazine rings is 3. The minimum atomic E-state index is 0.551. The molecule has 3 fully saturated rings. The zero-order valence-corrected chi connectivity index (χ0v) is 17.1. The molecule has 2 bridgehead atoms. The SMILES string of the molecule is COc1ccc(CN=C(NCCc2ccco2)NCC2CN3CCN2CC3)cc1. The summed E-state index contributed by atoms with van der Waals surface area (Å²) in [5.74, 6) is 2.70. The first kappa shape index (κ1) is 19.8. The standard InChI is InChI=1S/C22H31N5O2/c1-28-20-6-4-18(5-7-20)15-24-22(23-9-8-21-3-2-14-29-21)25-16-19-17-26-10-12-27(19)13-11-26/h2-7,14,19H,8-13,15-17H2,1H3,(H2,23,24,25). The summed E-state index contributed by atoms with van der Waals surface area (Å²) in [5, 5.41) is 7.02. The number of methoxy groups -OCH3 is 1. The van der Waals surface area contributed by atoms with Gasteiger partial charge in [0.1, 0.15) is 11.5 Å². The number of furan rings is 1. The zero-order valence-electron chi connectivity index (χ0n) is 17.1. The molecule has 0 saturated carbocycles. The molecule has 156 valence electrons. The highest BCUT2D eigenvalue weighted by atomic mass is 16.5. The van der Waals surface area contributed by atoms with Crippen LogP contribution in [0.4, 0.5) is 0 Å². The van der Waals surface area contributed by atoms with Crippen LogP contribution in [0.5, 0.6) is 5.75 Å². The van der Waals surface area contributed by atoms with Crippen molar-refractivity contribution in [3.05, 3.63) is 54.0 Å². The van der Waals surface area contributed by atoms with Gasteiger partial charge in [-0.3, -0.25) is 9.80 Å². The van der Waals surface area contributed by atoms with Crippen molar-refractivity contribution < 1.29 is 9.15 Å². The lowest BCUT2D eigenvalue weighted by Gasteiger charge is -2.47. The Morgan fingerprint density at radius 2 is 1.97 bits per heavy atom. The summed E-state index contributed by atoms with van der Waals surface area (Å²) in [5.41, 5.74) is 1.16. The summed E-state index contributed by atoms with van der Waals surface area (Å²) >= 11 is 0. The molecule has 0 spiro atoms. The summed E-state index contributed by atoms with van der Waals surface area (Å²) in [6.07, 6.45) is 2.55. The Morgan fingerprint density at radius 3 is 2.62 bits per heavy atom. The van der Waals surface area contributed by atoms with Crippen LogP contribution < -0.4 is 15.4 Å². The molecule has 29 heavy (non-hydrogen) atoms. The van der Waals surface area contributed by atoms with Gasteiger partial charge in [-0.1, -0.05) is 12.1 Å². The van der Waals surface area contributed by atoms with Gasteiger partial charge in [-0.2, -0.15) is 0 Å². The zero-order chi connectivity index (χ0) is 19.9. The third-order valence-electron chi connectivity index (χ3n) is 5.72. The van der Waals surface area contributed by atoms with E-state index < -0.39 is 0 Å². The third-order valence-corrected chi connectivity index (χ3v) is 5.72. The van der Waals surface area contributed by atoms with Crippen molar-refractivity contribution in [1.29, 1.82) is 0 Å². The van der Waals surface area contributed by atoms with Gasteiger partial charge in [-0.05, 0) is 29.8 Å². The number of hydrogen-bond donors (Lipinski definition) is 2. The van der Waals surface area contributed by atoms with Gasteiger partial charge in [0, 0.05) is 58.3 Å². The van der Waals surface area contributed by atoms with Crippen molar-refractivity contribution in [1.82, 2.24) is 20.4 Å². The predicted octanol–water partition coefficient (Wildman–Crippen LogP) is 1.57. The van der Waals surface area contributed by atoms with Crippen molar-refractivity contribution >= 4 is 5.96 Å².